The predicted molar refractivity (Wildman–Crippen MR) is 77.9 cm³/mol. The molecule has 1 N–H and O–H groups in total. The monoisotopic (exact) mass is 365 g/mol. The SMILES string of the molecule is COc1cc(NC(C)C(C)OC)c(Br)cc1Br. The second-order valence-corrected chi connectivity index (χ2v) is 5.55. The van der Waals surface area contributed by atoms with Crippen LogP contribution in [0, 0.1) is 0 Å². The molecule has 0 heterocycles. The van der Waals surface area contributed by atoms with Crippen LogP contribution < -0.4 is 10.1 Å². The Morgan fingerprint density at radius 3 is 2.29 bits per heavy atom. The first kappa shape index (κ1) is 14.8. The number of hydrogen-bond acceptors (Lipinski definition) is 3. The molecule has 17 heavy (non-hydrogen) atoms. The molecule has 1 aromatic rings. The van der Waals surface area contributed by atoms with Gasteiger partial charge in [-0.3, -0.25) is 0 Å². The first-order valence-electron chi connectivity index (χ1n) is 5.32. The molecule has 0 saturated carbocycles. The first-order chi connectivity index (χ1) is 7.99. The lowest BCUT2D eigenvalue weighted by atomic mass is 10.2. The number of anilines is 1. The van der Waals surface area contributed by atoms with Crippen LogP contribution in [0.4, 0.5) is 5.69 Å². The van der Waals surface area contributed by atoms with E-state index in [1.807, 2.05) is 19.1 Å². The van der Waals surface area contributed by atoms with Gasteiger partial charge in [-0.05, 0) is 51.8 Å². The van der Waals surface area contributed by atoms with Gasteiger partial charge < -0.3 is 14.8 Å². The van der Waals surface area contributed by atoms with E-state index in [4.69, 9.17) is 9.47 Å². The van der Waals surface area contributed by atoms with Crippen molar-refractivity contribution in [2.45, 2.75) is 26.0 Å². The third kappa shape index (κ3) is 3.86. The number of halogens is 2. The Bertz CT molecular complexity index is 385. The molecule has 5 heteroatoms. The molecule has 2 unspecified atom stereocenters. The van der Waals surface area contributed by atoms with E-state index in [0.717, 1.165) is 20.4 Å². The van der Waals surface area contributed by atoms with Crippen molar-refractivity contribution in [3.05, 3.63) is 21.1 Å². The molecule has 0 spiro atoms. The highest BCUT2D eigenvalue weighted by atomic mass is 79.9. The third-order valence-electron chi connectivity index (χ3n) is 2.70. The average Bonchev–Trinajstić information content (AvgIpc) is 2.31. The third-order valence-corrected chi connectivity index (χ3v) is 3.98. The van der Waals surface area contributed by atoms with Crippen molar-refractivity contribution >= 4 is 37.5 Å². The van der Waals surface area contributed by atoms with Crippen LogP contribution in [0.3, 0.4) is 0 Å². The largest absolute Gasteiger partial charge is 0.495 e. The molecule has 1 rings (SSSR count). The maximum absolute atomic E-state index is 5.29. The van der Waals surface area contributed by atoms with Crippen molar-refractivity contribution < 1.29 is 9.47 Å². The van der Waals surface area contributed by atoms with Gasteiger partial charge in [0, 0.05) is 23.7 Å². The zero-order valence-electron chi connectivity index (χ0n) is 10.4. The molecule has 2 atom stereocenters. The van der Waals surface area contributed by atoms with E-state index in [0.29, 0.717) is 0 Å². The second kappa shape index (κ2) is 6.61. The number of methoxy groups -OCH3 is 2. The zero-order chi connectivity index (χ0) is 13.0. The lowest BCUT2D eigenvalue weighted by Crippen LogP contribution is -2.29. The summed E-state index contributed by atoms with van der Waals surface area (Å²) in [5.74, 6) is 0.799. The predicted octanol–water partition coefficient (Wildman–Crippen LogP) is 4.06. The fraction of sp³-hybridized carbons (Fsp3) is 0.500. The molecule has 0 aliphatic heterocycles. The summed E-state index contributed by atoms with van der Waals surface area (Å²) in [6.07, 6.45) is 0.136. The molecule has 0 aliphatic carbocycles. The van der Waals surface area contributed by atoms with Crippen LogP contribution in [-0.4, -0.2) is 26.4 Å². The molecular formula is C12H17Br2NO2. The Balaban J connectivity index is 2.91. The Kier molecular flexibility index (Phi) is 5.76. The van der Waals surface area contributed by atoms with Crippen LogP contribution in [0.5, 0.6) is 5.75 Å². The minimum atomic E-state index is 0.136. The van der Waals surface area contributed by atoms with Gasteiger partial charge in [0.05, 0.1) is 23.4 Å². The summed E-state index contributed by atoms with van der Waals surface area (Å²) in [5.41, 5.74) is 0.987. The summed E-state index contributed by atoms with van der Waals surface area (Å²) in [6.45, 7) is 4.11. The van der Waals surface area contributed by atoms with Gasteiger partial charge in [-0.2, -0.15) is 0 Å². The maximum atomic E-state index is 5.29. The van der Waals surface area contributed by atoms with E-state index >= 15 is 0 Å². The number of benzene rings is 1. The van der Waals surface area contributed by atoms with Crippen molar-refractivity contribution in [1.29, 1.82) is 0 Å². The molecule has 0 fully saturated rings. The summed E-state index contributed by atoms with van der Waals surface area (Å²) in [5, 5.41) is 3.39. The number of ether oxygens (including phenoxy) is 2. The standard InChI is InChI=1S/C12H17Br2NO2/c1-7(8(2)16-3)15-11-6-12(17-4)10(14)5-9(11)13/h5-8,15H,1-4H3. The Hall–Kier alpha value is -0.260. The number of rotatable bonds is 5. The molecule has 1 aromatic carbocycles. The highest BCUT2D eigenvalue weighted by Gasteiger charge is 2.14. The molecular weight excluding hydrogens is 350 g/mol. The van der Waals surface area contributed by atoms with Crippen LogP contribution in [0.1, 0.15) is 13.8 Å². The van der Waals surface area contributed by atoms with Gasteiger partial charge >= 0.3 is 0 Å². The molecule has 0 bridgehead atoms. The topological polar surface area (TPSA) is 30.5 Å². The molecule has 0 radical (unpaired) electrons. The van der Waals surface area contributed by atoms with Gasteiger partial charge in [-0.1, -0.05) is 0 Å². The summed E-state index contributed by atoms with van der Waals surface area (Å²) >= 11 is 6.96. The normalized spacial score (nSPS) is 14.2. The van der Waals surface area contributed by atoms with Crippen molar-refractivity contribution in [3.8, 4) is 5.75 Å². The first-order valence-corrected chi connectivity index (χ1v) is 6.90. The molecule has 0 aliphatic rings. The Morgan fingerprint density at radius 1 is 1.12 bits per heavy atom. The van der Waals surface area contributed by atoms with Crippen molar-refractivity contribution in [1.82, 2.24) is 0 Å². The average molecular weight is 367 g/mol. The second-order valence-electron chi connectivity index (χ2n) is 3.84. The summed E-state index contributed by atoms with van der Waals surface area (Å²) < 4.78 is 12.5. The highest BCUT2D eigenvalue weighted by Crippen LogP contribution is 2.35. The van der Waals surface area contributed by atoms with Crippen LogP contribution in [0.2, 0.25) is 0 Å². The van der Waals surface area contributed by atoms with E-state index in [9.17, 15) is 0 Å². The lowest BCUT2D eigenvalue weighted by molar-refractivity contribution is 0.106. The summed E-state index contributed by atoms with van der Waals surface area (Å²) in [6, 6.07) is 4.13. The van der Waals surface area contributed by atoms with E-state index in [1.54, 1.807) is 14.2 Å². The Labute approximate surface area is 119 Å². The van der Waals surface area contributed by atoms with Crippen LogP contribution in [-0.2, 0) is 4.74 Å². The van der Waals surface area contributed by atoms with Crippen LogP contribution in [0.15, 0.2) is 21.1 Å². The molecule has 0 amide bonds. The lowest BCUT2D eigenvalue weighted by Gasteiger charge is -2.22. The number of hydrogen-bond donors (Lipinski definition) is 1. The maximum Gasteiger partial charge on any atom is 0.135 e. The Morgan fingerprint density at radius 2 is 1.76 bits per heavy atom. The smallest absolute Gasteiger partial charge is 0.135 e. The summed E-state index contributed by atoms with van der Waals surface area (Å²) in [7, 11) is 3.36. The van der Waals surface area contributed by atoms with E-state index in [1.165, 1.54) is 0 Å². The zero-order valence-corrected chi connectivity index (χ0v) is 13.6. The quantitative estimate of drug-likeness (QED) is 0.852. The van der Waals surface area contributed by atoms with Crippen molar-refractivity contribution in [3.63, 3.8) is 0 Å². The van der Waals surface area contributed by atoms with Gasteiger partial charge in [0.2, 0.25) is 0 Å². The van der Waals surface area contributed by atoms with Crippen molar-refractivity contribution in [2.75, 3.05) is 19.5 Å². The van der Waals surface area contributed by atoms with E-state index in [2.05, 4.69) is 44.1 Å². The van der Waals surface area contributed by atoms with E-state index < -0.39 is 0 Å². The minimum absolute atomic E-state index is 0.136. The van der Waals surface area contributed by atoms with Gasteiger partial charge in [0.1, 0.15) is 5.75 Å². The number of nitrogens with one attached hydrogen (secondary N) is 1. The minimum Gasteiger partial charge on any atom is -0.495 e. The van der Waals surface area contributed by atoms with Gasteiger partial charge in [0.15, 0.2) is 0 Å². The molecule has 96 valence electrons. The highest BCUT2D eigenvalue weighted by molar-refractivity contribution is 9.11. The molecule has 3 nitrogen and oxygen atoms in total. The van der Waals surface area contributed by atoms with E-state index in [-0.39, 0.29) is 12.1 Å². The fourth-order valence-electron chi connectivity index (χ4n) is 1.36. The van der Waals surface area contributed by atoms with Gasteiger partial charge in [-0.15, -0.1) is 0 Å². The van der Waals surface area contributed by atoms with Gasteiger partial charge in [-0.25, -0.2) is 0 Å². The van der Waals surface area contributed by atoms with Crippen molar-refractivity contribution in [2.24, 2.45) is 0 Å². The summed E-state index contributed by atoms with van der Waals surface area (Å²) in [4.78, 5) is 0. The molecule has 0 aromatic heterocycles. The fourth-order valence-corrected chi connectivity index (χ4v) is 2.63. The van der Waals surface area contributed by atoms with Crippen LogP contribution >= 0.6 is 31.9 Å². The van der Waals surface area contributed by atoms with Gasteiger partial charge in [0.25, 0.3) is 0 Å². The molecule has 0 saturated heterocycles. The van der Waals surface area contributed by atoms with Crippen LogP contribution in [0.25, 0.3) is 0 Å².